The number of aliphatic hydroxyl groups excluding tert-OH is 1. The van der Waals surface area contributed by atoms with Gasteiger partial charge in [-0.15, -0.1) is 0 Å². The molecule has 0 bridgehead atoms. The van der Waals surface area contributed by atoms with Gasteiger partial charge in [0, 0.05) is 18.0 Å². The van der Waals surface area contributed by atoms with E-state index in [9.17, 15) is 19.8 Å². The van der Waals surface area contributed by atoms with Gasteiger partial charge in [0.25, 0.3) is 11.7 Å². The predicted molar refractivity (Wildman–Crippen MR) is 104 cm³/mol. The molecule has 3 aromatic rings. The monoisotopic (exact) mass is 372 g/mol. The molecule has 1 amide bonds. The Morgan fingerprint density at radius 3 is 2.21 bits per heavy atom. The van der Waals surface area contributed by atoms with Gasteiger partial charge >= 0.3 is 0 Å². The summed E-state index contributed by atoms with van der Waals surface area (Å²) in [6.07, 6.45) is 2.98. The number of ketones is 1. The van der Waals surface area contributed by atoms with E-state index in [2.05, 4.69) is 4.98 Å². The second-order valence-corrected chi connectivity index (χ2v) is 6.30. The fraction of sp³-hybridized carbons (Fsp3) is 0.0455. The van der Waals surface area contributed by atoms with Crippen LogP contribution in [0.1, 0.15) is 17.2 Å². The van der Waals surface area contributed by atoms with E-state index in [4.69, 9.17) is 0 Å². The summed E-state index contributed by atoms with van der Waals surface area (Å²) < 4.78 is 0. The standard InChI is InChI=1S/C22H16N2O4/c25-17-9-5-4-8-16(17)24-19(14-6-2-1-3-7-14)18(21(27)22(24)28)20(26)15-10-12-23-13-11-15/h1-13,19,25-26H/b20-18+. The van der Waals surface area contributed by atoms with Gasteiger partial charge in [-0.2, -0.15) is 0 Å². The molecule has 6 nitrogen and oxygen atoms in total. The summed E-state index contributed by atoms with van der Waals surface area (Å²) in [5, 5.41) is 21.2. The molecule has 1 aliphatic heterocycles. The second-order valence-electron chi connectivity index (χ2n) is 6.30. The van der Waals surface area contributed by atoms with Gasteiger partial charge in [-0.1, -0.05) is 42.5 Å². The molecule has 1 fully saturated rings. The van der Waals surface area contributed by atoms with E-state index < -0.39 is 17.7 Å². The molecule has 4 rings (SSSR count). The number of carbonyl (C=O) groups excluding carboxylic acids is 2. The smallest absolute Gasteiger partial charge is 0.300 e. The van der Waals surface area contributed by atoms with Gasteiger partial charge in [0.2, 0.25) is 0 Å². The van der Waals surface area contributed by atoms with Gasteiger partial charge in [0.05, 0.1) is 17.3 Å². The minimum absolute atomic E-state index is 0.0364. The Kier molecular flexibility index (Phi) is 4.37. The van der Waals surface area contributed by atoms with E-state index in [0.29, 0.717) is 11.1 Å². The largest absolute Gasteiger partial charge is 0.507 e. The van der Waals surface area contributed by atoms with Gasteiger partial charge in [-0.25, -0.2) is 0 Å². The number of pyridine rings is 1. The second kappa shape index (κ2) is 7.00. The minimum Gasteiger partial charge on any atom is -0.507 e. The maximum atomic E-state index is 12.9. The molecule has 2 heterocycles. The van der Waals surface area contributed by atoms with Crippen molar-refractivity contribution in [2.45, 2.75) is 6.04 Å². The van der Waals surface area contributed by atoms with E-state index in [1.807, 2.05) is 6.07 Å². The number of phenolic OH excluding ortho intramolecular Hbond substituents is 1. The highest BCUT2D eigenvalue weighted by Gasteiger charge is 2.47. The third kappa shape index (κ3) is 2.81. The third-order valence-corrected chi connectivity index (χ3v) is 4.65. The van der Waals surface area contributed by atoms with Crippen LogP contribution in [0.25, 0.3) is 5.76 Å². The molecule has 138 valence electrons. The highest BCUT2D eigenvalue weighted by molar-refractivity contribution is 6.51. The number of para-hydroxylation sites is 2. The number of hydrogen-bond donors (Lipinski definition) is 2. The lowest BCUT2D eigenvalue weighted by Crippen LogP contribution is -2.29. The lowest BCUT2D eigenvalue weighted by Gasteiger charge is -2.25. The summed E-state index contributed by atoms with van der Waals surface area (Å²) in [5.74, 6) is -2.04. The highest BCUT2D eigenvalue weighted by Crippen LogP contribution is 2.44. The molecule has 0 spiro atoms. The van der Waals surface area contributed by atoms with Gasteiger partial charge < -0.3 is 10.2 Å². The van der Waals surface area contributed by atoms with E-state index in [1.165, 1.54) is 23.4 Å². The van der Waals surface area contributed by atoms with Crippen LogP contribution in [0.3, 0.4) is 0 Å². The maximum absolute atomic E-state index is 12.9. The molecule has 0 saturated carbocycles. The predicted octanol–water partition coefficient (Wildman–Crippen LogP) is 3.41. The van der Waals surface area contributed by atoms with Crippen molar-refractivity contribution in [1.29, 1.82) is 0 Å². The number of phenols is 1. The maximum Gasteiger partial charge on any atom is 0.300 e. The molecule has 6 heteroatoms. The molecule has 1 aromatic heterocycles. The van der Waals surface area contributed by atoms with Gasteiger partial charge in [0.1, 0.15) is 11.5 Å². The summed E-state index contributed by atoms with van der Waals surface area (Å²) in [5.41, 5.74) is 1.18. The average molecular weight is 372 g/mol. The van der Waals surface area contributed by atoms with Gasteiger partial charge in [-0.05, 0) is 29.8 Å². The number of amides is 1. The van der Waals surface area contributed by atoms with Crippen LogP contribution in [0.5, 0.6) is 5.75 Å². The number of hydrogen-bond acceptors (Lipinski definition) is 5. The summed E-state index contributed by atoms with van der Waals surface area (Å²) in [6, 6.07) is 17.5. The number of Topliss-reactive ketones (excluding diaryl/α,β-unsaturated/α-hetero) is 1. The van der Waals surface area contributed by atoms with Gasteiger partial charge in [-0.3, -0.25) is 19.5 Å². The Balaban J connectivity index is 1.97. The van der Waals surface area contributed by atoms with Crippen LogP contribution < -0.4 is 4.90 Å². The average Bonchev–Trinajstić information content (AvgIpc) is 3.00. The molecule has 2 N–H and O–H groups in total. The normalized spacial score (nSPS) is 18.4. The Morgan fingerprint density at radius 1 is 0.893 bits per heavy atom. The number of nitrogens with zero attached hydrogens (tertiary/aromatic N) is 2. The highest BCUT2D eigenvalue weighted by atomic mass is 16.3. The molecule has 1 atom stereocenters. The number of rotatable bonds is 3. The summed E-state index contributed by atoms with van der Waals surface area (Å²) in [6.45, 7) is 0. The van der Waals surface area contributed by atoms with Crippen LogP contribution in [0.4, 0.5) is 5.69 Å². The number of carbonyl (C=O) groups is 2. The van der Waals surface area contributed by atoms with Gasteiger partial charge in [0.15, 0.2) is 0 Å². The molecule has 1 saturated heterocycles. The molecular weight excluding hydrogens is 356 g/mol. The molecule has 28 heavy (non-hydrogen) atoms. The van der Waals surface area contributed by atoms with Crippen LogP contribution in [-0.4, -0.2) is 26.9 Å². The lowest BCUT2D eigenvalue weighted by atomic mass is 9.95. The van der Waals surface area contributed by atoms with Crippen LogP contribution in [0, 0.1) is 0 Å². The topological polar surface area (TPSA) is 90.7 Å². The fourth-order valence-corrected chi connectivity index (χ4v) is 3.36. The SMILES string of the molecule is O=C1C(=O)N(c2ccccc2O)C(c2ccccc2)/C1=C(\O)c1ccncc1. The molecule has 1 aliphatic rings. The first-order valence-corrected chi connectivity index (χ1v) is 8.64. The van der Waals surface area contributed by atoms with Crippen molar-refractivity contribution >= 4 is 23.1 Å². The van der Waals surface area contributed by atoms with E-state index in [-0.39, 0.29) is 22.8 Å². The summed E-state index contributed by atoms with van der Waals surface area (Å²) >= 11 is 0. The van der Waals surface area contributed by atoms with Crippen molar-refractivity contribution in [3.63, 3.8) is 0 Å². The summed E-state index contributed by atoms with van der Waals surface area (Å²) in [4.78, 5) is 30.9. The zero-order valence-corrected chi connectivity index (χ0v) is 14.7. The molecule has 0 aliphatic carbocycles. The third-order valence-electron chi connectivity index (χ3n) is 4.65. The van der Waals surface area contributed by atoms with Crippen molar-refractivity contribution in [2.24, 2.45) is 0 Å². The Labute approximate surface area is 161 Å². The van der Waals surface area contributed by atoms with Crippen molar-refractivity contribution in [2.75, 3.05) is 4.90 Å². The Hall–Kier alpha value is -3.93. The van der Waals surface area contributed by atoms with E-state index in [0.717, 1.165) is 0 Å². The van der Waals surface area contributed by atoms with Crippen molar-refractivity contribution in [1.82, 2.24) is 4.98 Å². The van der Waals surface area contributed by atoms with Crippen LogP contribution >= 0.6 is 0 Å². The lowest BCUT2D eigenvalue weighted by molar-refractivity contribution is -0.132. The van der Waals surface area contributed by atoms with E-state index >= 15 is 0 Å². The minimum atomic E-state index is -0.873. The van der Waals surface area contributed by atoms with E-state index in [1.54, 1.807) is 54.6 Å². The zero-order valence-electron chi connectivity index (χ0n) is 14.7. The van der Waals surface area contributed by atoms with Crippen LogP contribution in [-0.2, 0) is 9.59 Å². The number of aliphatic hydroxyl groups is 1. The Bertz CT molecular complexity index is 1080. The van der Waals surface area contributed by atoms with Crippen LogP contribution in [0.2, 0.25) is 0 Å². The number of benzene rings is 2. The zero-order chi connectivity index (χ0) is 19.7. The number of anilines is 1. The van der Waals surface area contributed by atoms with Crippen molar-refractivity contribution in [3.8, 4) is 5.75 Å². The first-order valence-electron chi connectivity index (χ1n) is 8.64. The van der Waals surface area contributed by atoms with Crippen LogP contribution in [0.15, 0.2) is 84.7 Å². The summed E-state index contributed by atoms with van der Waals surface area (Å²) in [7, 11) is 0. The molecule has 0 radical (unpaired) electrons. The number of aromatic nitrogens is 1. The molecule has 2 aromatic carbocycles. The molecular formula is C22H16N2O4. The Morgan fingerprint density at radius 2 is 1.54 bits per heavy atom. The first-order chi connectivity index (χ1) is 13.6. The van der Waals surface area contributed by atoms with Crippen molar-refractivity contribution in [3.05, 3.63) is 95.8 Å². The van der Waals surface area contributed by atoms with Crippen molar-refractivity contribution < 1.29 is 19.8 Å². The first kappa shape index (κ1) is 17.5. The number of aromatic hydroxyl groups is 1. The quantitative estimate of drug-likeness (QED) is 0.418. The fourth-order valence-electron chi connectivity index (χ4n) is 3.36. The molecule has 1 unspecified atom stereocenters.